The van der Waals surface area contributed by atoms with E-state index in [9.17, 15) is 4.79 Å². The van der Waals surface area contributed by atoms with Crippen molar-refractivity contribution in [2.24, 2.45) is 0 Å². The van der Waals surface area contributed by atoms with Crippen molar-refractivity contribution in [1.82, 2.24) is 23.9 Å². The number of benzene rings is 1. The quantitative estimate of drug-likeness (QED) is 0.398. The number of imidazole rings is 1. The van der Waals surface area contributed by atoms with Gasteiger partial charge in [0.25, 0.3) is 5.56 Å². The lowest BCUT2D eigenvalue weighted by Gasteiger charge is -2.20. The minimum atomic E-state index is 0.0444. The maximum atomic E-state index is 13.4. The van der Waals surface area contributed by atoms with Gasteiger partial charge in [0.15, 0.2) is 0 Å². The zero-order valence-electron chi connectivity index (χ0n) is 20.1. The van der Waals surface area contributed by atoms with Gasteiger partial charge in [0.2, 0.25) is 5.78 Å². The van der Waals surface area contributed by atoms with Gasteiger partial charge in [-0.2, -0.15) is 0 Å². The summed E-state index contributed by atoms with van der Waals surface area (Å²) in [5, 5.41) is 0.688. The van der Waals surface area contributed by atoms with Crippen LogP contribution in [0.15, 0.2) is 41.6 Å². The molecule has 0 radical (unpaired) electrons. The van der Waals surface area contributed by atoms with Gasteiger partial charge in [0.05, 0.1) is 16.6 Å². The van der Waals surface area contributed by atoms with E-state index in [-0.39, 0.29) is 23.4 Å². The lowest BCUT2D eigenvalue weighted by Crippen LogP contribution is -2.27. The first kappa shape index (κ1) is 22.2. The van der Waals surface area contributed by atoms with Gasteiger partial charge in [-0.1, -0.05) is 40.7 Å². The number of nitrogens with zero attached hydrogens (tertiary/aromatic N) is 5. The maximum absolute atomic E-state index is 13.4. The van der Waals surface area contributed by atoms with Crippen LogP contribution in [0, 0.1) is 0 Å². The summed E-state index contributed by atoms with van der Waals surface area (Å²) in [6.45, 7) is 14.8. The number of rotatable bonds is 6. The summed E-state index contributed by atoms with van der Waals surface area (Å²) in [4.78, 5) is 27.4. The van der Waals surface area contributed by atoms with E-state index in [4.69, 9.17) is 9.97 Å². The Hall–Kier alpha value is -3.02. The van der Waals surface area contributed by atoms with Gasteiger partial charge < -0.3 is 0 Å². The molecule has 4 rings (SSSR count). The lowest BCUT2D eigenvalue weighted by atomic mass is 9.91. The summed E-state index contributed by atoms with van der Waals surface area (Å²) in [7, 11) is 0. The van der Waals surface area contributed by atoms with E-state index >= 15 is 0 Å². The molecule has 0 fully saturated rings. The monoisotopic (exact) mass is 431 g/mol. The van der Waals surface area contributed by atoms with E-state index in [2.05, 4.69) is 51.9 Å². The minimum absolute atomic E-state index is 0.0444. The first-order valence-electron chi connectivity index (χ1n) is 11.6. The van der Waals surface area contributed by atoms with Crippen molar-refractivity contribution in [2.75, 3.05) is 0 Å². The number of aromatic nitrogens is 5. The minimum Gasteiger partial charge on any atom is -0.293 e. The third-order valence-corrected chi connectivity index (χ3v) is 6.10. The van der Waals surface area contributed by atoms with Crippen LogP contribution < -0.4 is 5.56 Å². The molecule has 0 aliphatic heterocycles. The Balaban J connectivity index is 1.76. The molecule has 0 saturated carbocycles. The fourth-order valence-corrected chi connectivity index (χ4v) is 4.47. The highest BCUT2D eigenvalue weighted by Crippen LogP contribution is 2.28. The Labute approximate surface area is 189 Å². The fraction of sp³-hybridized carbons (Fsp3) is 0.462. The molecule has 0 aliphatic rings. The summed E-state index contributed by atoms with van der Waals surface area (Å²) < 4.78 is 3.82. The summed E-state index contributed by atoms with van der Waals surface area (Å²) >= 11 is 0. The number of hydrogen-bond donors (Lipinski definition) is 0. The molecular formula is C26H33N5O. The summed E-state index contributed by atoms with van der Waals surface area (Å²) in [5.74, 6) is 2.31. The van der Waals surface area contributed by atoms with Crippen molar-refractivity contribution < 1.29 is 0 Å². The molecule has 168 valence electrons. The molecule has 0 bridgehead atoms. The van der Waals surface area contributed by atoms with Crippen molar-refractivity contribution in [2.45, 2.75) is 78.7 Å². The van der Waals surface area contributed by atoms with Crippen molar-refractivity contribution in [3.05, 3.63) is 69.8 Å². The molecule has 0 aliphatic carbocycles. The summed E-state index contributed by atoms with van der Waals surface area (Å²) in [6.07, 6.45) is 6.66. The van der Waals surface area contributed by atoms with Crippen molar-refractivity contribution >= 4 is 16.7 Å². The molecular weight excluding hydrogens is 398 g/mol. The molecule has 0 saturated heterocycles. The average Bonchev–Trinajstić information content (AvgIpc) is 3.20. The van der Waals surface area contributed by atoms with E-state index in [0.717, 1.165) is 34.8 Å². The second-order valence-electron chi connectivity index (χ2n) is 9.72. The van der Waals surface area contributed by atoms with Crippen molar-refractivity contribution in [1.29, 1.82) is 0 Å². The molecule has 1 aromatic carbocycles. The first-order valence-corrected chi connectivity index (χ1v) is 11.6. The zero-order chi connectivity index (χ0) is 23.2. The molecule has 6 heteroatoms. The smallest absolute Gasteiger partial charge is 0.261 e. The number of fused-ring (bicyclic) bond motifs is 2. The van der Waals surface area contributed by atoms with E-state index < -0.39 is 0 Å². The van der Waals surface area contributed by atoms with E-state index in [1.54, 1.807) is 6.20 Å². The van der Waals surface area contributed by atoms with E-state index in [1.807, 2.05) is 41.1 Å². The van der Waals surface area contributed by atoms with Crippen LogP contribution in [0.5, 0.6) is 0 Å². The van der Waals surface area contributed by atoms with Gasteiger partial charge in [-0.25, -0.2) is 15.0 Å². The molecule has 0 amide bonds. The Morgan fingerprint density at radius 3 is 2.38 bits per heavy atom. The SMILES string of the molecule is CC(C)c1cn2ccnc2nc1C(C)Cc1ccc2nc(C(C)C)n(C(C)C)c(=O)c2c1. The van der Waals surface area contributed by atoms with Crippen molar-refractivity contribution in [3.63, 3.8) is 0 Å². The van der Waals surface area contributed by atoms with Crippen LogP contribution in [0.4, 0.5) is 0 Å². The van der Waals surface area contributed by atoms with Gasteiger partial charge in [-0.05, 0) is 49.4 Å². The Morgan fingerprint density at radius 1 is 0.969 bits per heavy atom. The Bertz CT molecular complexity index is 1330. The van der Waals surface area contributed by atoms with Gasteiger partial charge in [0, 0.05) is 36.5 Å². The van der Waals surface area contributed by atoms with Gasteiger partial charge in [-0.3, -0.25) is 13.8 Å². The van der Waals surface area contributed by atoms with Crippen molar-refractivity contribution in [3.8, 4) is 0 Å². The van der Waals surface area contributed by atoms with Crippen LogP contribution in [-0.2, 0) is 6.42 Å². The highest BCUT2D eigenvalue weighted by molar-refractivity contribution is 5.78. The van der Waals surface area contributed by atoms with Crippen LogP contribution >= 0.6 is 0 Å². The van der Waals surface area contributed by atoms with Gasteiger partial charge in [-0.15, -0.1) is 0 Å². The van der Waals surface area contributed by atoms with Crippen LogP contribution in [0.1, 0.15) is 94.9 Å². The molecule has 32 heavy (non-hydrogen) atoms. The second kappa shape index (κ2) is 8.49. The Morgan fingerprint density at radius 2 is 1.72 bits per heavy atom. The molecule has 1 unspecified atom stereocenters. The summed E-state index contributed by atoms with van der Waals surface area (Å²) in [5.41, 5.74) is 4.24. The molecule has 1 atom stereocenters. The lowest BCUT2D eigenvalue weighted by molar-refractivity contribution is 0.523. The van der Waals surface area contributed by atoms with Gasteiger partial charge in [0.1, 0.15) is 5.82 Å². The molecule has 3 heterocycles. The standard InChI is InChI=1S/C26H33N5O/c1-15(2)21-14-30-11-10-27-26(30)29-23(21)18(7)12-19-8-9-22-20(13-19)25(32)31(17(5)6)24(28-22)16(3)4/h8-11,13-18H,12H2,1-7H3. The zero-order valence-corrected chi connectivity index (χ0v) is 20.1. The predicted octanol–water partition coefficient (Wildman–Crippen LogP) is 5.61. The number of hydrogen-bond acceptors (Lipinski definition) is 4. The second-order valence-corrected chi connectivity index (χ2v) is 9.72. The topological polar surface area (TPSA) is 65.1 Å². The Kier molecular flexibility index (Phi) is 5.89. The fourth-order valence-electron chi connectivity index (χ4n) is 4.47. The van der Waals surface area contributed by atoms with Crippen LogP contribution in [0.25, 0.3) is 16.7 Å². The molecule has 6 nitrogen and oxygen atoms in total. The average molecular weight is 432 g/mol. The molecule has 4 aromatic rings. The highest BCUT2D eigenvalue weighted by atomic mass is 16.1. The van der Waals surface area contributed by atoms with Crippen LogP contribution in [0.2, 0.25) is 0 Å². The third-order valence-electron chi connectivity index (χ3n) is 6.10. The largest absolute Gasteiger partial charge is 0.293 e. The predicted molar refractivity (Wildman–Crippen MR) is 130 cm³/mol. The third kappa shape index (κ3) is 3.94. The van der Waals surface area contributed by atoms with Gasteiger partial charge >= 0.3 is 0 Å². The first-order chi connectivity index (χ1) is 15.2. The summed E-state index contributed by atoms with van der Waals surface area (Å²) in [6, 6.07) is 6.17. The molecule has 3 aromatic heterocycles. The highest BCUT2D eigenvalue weighted by Gasteiger charge is 2.19. The van der Waals surface area contributed by atoms with Crippen LogP contribution in [-0.4, -0.2) is 23.9 Å². The normalized spacial score (nSPS) is 13.2. The van der Waals surface area contributed by atoms with E-state index in [0.29, 0.717) is 11.3 Å². The molecule has 0 spiro atoms. The van der Waals surface area contributed by atoms with E-state index in [1.165, 1.54) is 5.56 Å². The maximum Gasteiger partial charge on any atom is 0.261 e. The van der Waals surface area contributed by atoms with Crippen LogP contribution in [0.3, 0.4) is 0 Å². The molecule has 0 N–H and O–H groups in total.